The molecule has 1 heterocycles. The Bertz CT molecular complexity index is 478. The molecule has 1 atom stereocenters. The van der Waals surface area contributed by atoms with Crippen LogP contribution in [0, 0.1) is 0 Å². The first-order chi connectivity index (χ1) is 8.19. The molecule has 0 aliphatic rings. The highest BCUT2D eigenvalue weighted by Crippen LogP contribution is 2.23. The van der Waals surface area contributed by atoms with Crippen LogP contribution in [0.3, 0.4) is 0 Å². The molecule has 0 aliphatic carbocycles. The first-order valence-corrected chi connectivity index (χ1v) is 6.77. The van der Waals surface area contributed by atoms with Gasteiger partial charge in [0.15, 0.2) is 0 Å². The molecular weight excluding hydrogens is 252 g/mol. The SMILES string of the molecule is CC(CN)c1cnc(Cc2ccc(Cl)cc2)s1. The number of halogens is 1. The van der Waals surface area contributed by atoms with E-state index in [0.29, 0.717) is 12.5 Å². The average Bonchev–Trinajstić information content (AvgIpc) is 2.80. The molecule has 0 saturated carbocycles. The van der Waals surface area contributed by atoms with Gasteiger partial charge in [0, 0.05) is 28.4 Å². The number of aromatic nitrogens is 1. The van der Waals surface area contributed by atoms with Gasteiger partial charge in [-0.2, -0.15) is 0 Å². The summed E-state index contributed by atoms with van der Waals surface area (Å²) in [6.45, 7) is 2.79. The monoisotopic (exact) mass is 266 g/mol. The molecule has 0 fully saturated rings. The van der Waals surface area contributed by atoms with Gasteiger partial charge < -0.3 is 5.73 Å². The largest absolute Gasteiger partial charge is 0.330 e. The molecule has 2 nitrogen and oxygen atoms in total. The van der Waals surface area contributed by atoms with Gasteiger partial charge in [-0.25, -0.2) is 4.98 Å². The zero-order valence-electron chi connectivity index (χ0n) is 9.69. The fourth-order valence-corrected chi connectivity index (χ4v) is 2.67. The minimum atomic E-state index is 0.395. The van der Waals surface area contributed by atoms with E-state index in [2.05, 4.69) is 11.9 Å². The van der Waals surface area contributed by atoms with Crippen LogP contribution in [-0.2, 0) is 6.42 Å². The second-order valence-electron chi connectivity index (χ2n) is 4.10. The highest BCUT2D eigenvalue weighted by Gasteiger charge is 2.08. The fraction of sp³-hybridized carbons (Fsp3) is 0.308. The lowest BCUT2D eigenvalue weighted by Gasteiger charge is -2.02. The molecule has 2 rings (SSSR count). The maximum atomic E-state index is 5.85. The molecule has 0 saturated heterocycles. The molecule has 0 amide bonds. The number of hydrogen-bond donors (Lipinski definition) is 1. The summed E-state index contributed by atoms with van der Waals surface area (Å²) < 4.78 is 0. The molecule has 90 valence electrons. The van der Waals surface area contributed by atoms with Crippen molar-refractivity contribution < 1.29 is 0 Å². The predicted molar refractivity (Wildman–Crippen MR) is 73.8 cm³/mol. The van der Waals surface area contributed by atoms with Crippen molar-refractivity contribution in [2.45, 2.75) is 19.3 Å². The summed E-state index contributed by atoms with van der Waals surface area (Å²) in [4.78, 5) is 5.69. The van der Waals surface area contributed by atoms with Gasteiger partial charge in [-0.3, -0.25) is 0 Å². The molecule has 0 bridgehead atoms. The van der Waals surface area contributed by atoms with Gasteiger partial charge in [-0.15, -0.1) is 11.3 Å². The normalized spacial score (nSPS) is 12.6. The first kappa shape index (κ1) is 12.6. The van der Waals surface area contributed by atoms with Crippen LogP contribution < -0.4 is 5.73 Å². The van der Waals surface area contributed by atoms with Crippen molar-refractivity contribution in [2.24, 2.45) is 5.73 Å². The summed E-state index contributed by atoms with van der Waals surface area (Å²) in [5.41, 5.74) is 6.88. The number of hydrogen-bond acceptors (Lipinski definition) is 3. The Morgan fingerprint density at radius 2 is 2.06 bits per heavy atom. The van der Waals surface area contributed by atoms with Crippen molar-refractivity contribution in [3.05, 3.63) is 50.9 Å². The Balaban J connectivity index is 2.08. The highest BCUT2D eigenvalue weighted by atomic mass is 35.5. The van der Waals surface area contributed by atoms with Gasteiger partial charge in [-0.05, 0) is 24.2 Å². The van der Waals surface area contributed by atoms with Gasteiger partial charge in [0.25, 0.3) is 0 Å². The molecule has 1 aromatic carbocycles. The number of benzene rings is 1. The Hall–Kier alpha value is -0.900. The van der Waals surface area contributed by atoms with E-state index in [-0.39, 0.29) is 0 Å². The number of rotatable bonds is 4. The van der Waals surface area contributed by atoms with E-state index in [1.54, 1.807) is 11.3 Å². The average molecular weight is 267 g/mol. The number of nitrogens with two attached hydrogens (primary N) is 1. The van der Waals surface area contributed by atoms with Crippen LogP contribution >= 0.6 is 22.9 Å². The summed E-state index contributed by atoms with van der Waals surface area (Å²) in [5.74, 6) is 0.395. The van der Waals surface area contributed by atoms with E-state index in [1.165, 1.54) is 10.4 Å². The van der Waals surface area contributed by atoms with E-state index >= 15 is 0 Å². The predicted octanol–water partition coefficient (Wildman–Crippen LogP) is 3.45. The molecule has 0 aliphatic heterocycles. The van der Waals surface area contributed by atoms with Crippen molar-refractivity contribution in [2.75, 3.05) is 6.54 Å². The van der Waals surface area contributed by atoms with Crippen LogP contribution in [0.1, 0.15) is 28.3 Å². The Morgan fingerprint density at radius 1 is 1.35 bits per heavy atom. The van der Waals surface area contributed by atoms with Crippen molar-refractivity contribution >= 4 is 22.9 Å². The van der Waals surface area contributed by atoms with E-state index in [0.717, 1.165) is 16.5 Å². The van der Waals surface area contributed by atoms with Crippen molar-refractivity contribution in [1.29, 1.82) is 0 Å². The standard InChI is InChI=1S/C13H15ClN2S/c1-9(7-15)12-8-16-13(17-12)6-10-2-4-11(14)5-3-10/h2-5,8-9H,6-7,15H2,1H3. The third-order valence-electron chi connectivity index (χ3n) is 2.68. The lowest BCUT2D eigenvalue weighted by atomic mass is 10.1. The molecule has 2 aromatic rings. The Morgan fingerprint density at radius 3 is 2.71 bits per heavy atom. The van der Waals surface area contributed by atoms with Crippen LogP contribution in [0.2, 0.25) is 5.02 Å². The molecule has 4 heteroatoms. The molecule has 1 unspecified atom stereocenters. The molecule has 0 spiro atoms. The molecule has 2 N–H and O–H groups in total. The second kappa shape index (κ2) is 5.63. The topological polar surface area (TPSA) is 38.9 Å². The lowest BCUT2D eigenvalue weighted by molar-refractivity contribution is 0.787. The van der Waals surface area contributed by atoms with Gasteiger partial charge >= 0.3 is 0 Å². The van der Waals surface area contributed by atoms with Crippen LogP contribution in [0.4, 0.5) is 0 Å². The van der Waals surface area contributed by atoms with Crippen molar-refractivity contribution in [3.63, 3.8) is 0 Å². The summed E-state index contributed by atoms with van der Waals surface area (Å²) >= 11 is 7.59. The van der Waals surface area contributed by atoms with E-state index in [9.17, 15) is 0 Å². The highest BCUT2D eigenvalue weighted by molar-refractivity contribution is 7.11. The summed E-state index contributed by atoms with van der Waals surface area (Å²) in [7, 11) is 0. The fourth-order valence-electron chi connectivity index (χ4n) is 1.53. The number of nitrogens with zero attached hydrogens (tertiary/aromatic N) is 1. The molecule has 17 heavy (non-hydrogen) atoms. The maximum absolute atomic E-state index is 5.85. The quantitative estimate of drug-likeness (QED) is 0.921. The van der Waals surface area contributed by atoms with Gasteiger partial charge in [0.05, 0.1) is 5.01 Å². The first-order valence-electron chi connectivity index (χ1n) is 5.58. The molecule has 1 aromatic heterocycles. The maximum Gasteiger partial charge on any atom is 0.0971 e. The molecule has 0 radical (unpaired) electrons. The lowest BCUT2D eigenvalue weighted by Crippen LogP contribution is -2.07. The summed E-state index contributed by atoms with van der Waals surface area (Å²) in [6, 6.07) is 7.90. The van der Waals surface area contributed by atoms with Gasteiger partial charge in [0.2, 0.25) is 0 Å². The van der Waals surface area contributed by atoms with Crippen molar-refractivity contribution in [1.82, 2.24) is 4.98 Å². The zero-order valence-corrected chi connectivity index (χ0v) is 11.3. The van der Waals surface area contributed by atoms with Crippen molar-refractivity contribution in [3.8, 4) is 0 Å². The van der Waals surface area contributed by atoms with Gasteiger partial charge in [0.1, 0.15) is 0 Å². The van der Waals surface area contributed by atoms with E-state index in [1.807, 2.05) is 30.5 Å². The van der Waals surface area contributed by atoms with Crippen LogP contribution in [-0.4, -0.2) is 11.5 Å². The number of thiazole rings is 1. The smallest absolute Gasteiger partial charge is 0.0971 e. The minimum Gasteiger partial charge on any atom is -0.330 e. The van der Waals surface area contributed by atoms with Crippen LogP contribution in [0.15, 0.2) is 30.5 Å². The second-order valence-corrected chi connectivity index (χ2v) is 5.68. The Kier molecular flexibility index (Phi) is 4.15. The van der Waals surface area contributed by atoms with E-state index in [4.69, 9.17) is 17.3 Å². The Labute approximate surface area is 110 Å². The third kappa shape index (κ3) is 3.28. The summed E-state index contributed by atoms with van der Waals surface area (Å²) in [5, 5.41) is 1.90. The summed E-state index contributed by atoms with van der Waals surface area (Å²) in [6.07, 6.45) is 2.80. The minimum absolute atomic E-state index is 0.395. The van der Waals surface area contributed by atoms with E-state index < -0.39 is 0 Å². The third-order valence-corrected chi connectivity index (χ3v) is 4.16. The van der Waals surface area contributed by atoms with Crippen LogP contribution in [0.5, 0.6) is 0 Å². The molecular formula is C13H15ClN2S. The van der Waals surface area contributed by atoms with Gasteiger partial charge in [-0.1, -0.05) is 30.7 Å². The zero-order chi connectivity index (χ0) is 12.3. The van der Waals surface area contributed by atoms with Crippen LogP contribution in [0.25, 0.3) is 0 Å².